The zero-order valence-electron chi connectivity index (χ0n) is 15.0. The van der Waals surface area contributed by atoms with Gasteiger partial charge in [0.1, 0.15) is 0 Å². The molecule has 2 heterocycles. The van der Waals surface area contributed by atoms with Crippen molar-refractivity contribution in [3.05, 3.63) is 35.4 Å². The molecule has 1 amide bonds. The van der Waals surface area contributed by atoms with Crippen LogP contribution in [0.2, 0.25) is 0 Å². The lowest BCUT2D eigenvalue weighted by molar-refractivity contribution is -0.123. The molecule has 0 bridgehead atoms. The molecule has 4 rings (SSSR count). The number of hydrogen-bond acceptors (Lipinski definition) is 3. The minimum absolute atomic E-state index is 0.0599. The van der Waals surface area contributed by atoms with E-state index in [1.807, 2.05) is 0 Å². The average Bonchev–Trinajstić information content (AvgIpc) is 3.35. The first-order valence-corrected chi connectivity index (χ1v) is 9.92. The van der Waals surface area contributed by atoms with E-state index in [-0.39, 0.29) is 17.9 Å². The molecule has 1 aromatic rings. The SMILES string of the molecule is NC(=O)[C@@H]1CCO[C@@H]1CC1CCN(Cc2ccccc2C2CC2)CC1. The number of carbonyl (C=O) groups is 1. The van der Waals surface area contributed by atoms with Crippen molar-refractivity contribution in [1.82, 2.24) is 4.90 Å². The summed E-state index contributed by atoms with van der Waals surface area (Å²) in [5.41, 5.74) is 8.62. The highest BCUT2D eigenvalue weighted by Gasteiger charge is 2.35. The maximum Gasteiger partial charge on any atom is 0.223 e. The Balaban J connectivity index is 1.28. The molecule has 0 aromatic heterocycles. The van der Waals surface area contributed by atoms with Crippen LogP contribution in [-0.4, -0.2) is 36.6 Å². The van der Waals surface area contributed by atoms with Gasteiger partial charge in [0.15, 0.2) is 0 Å². The molecule has 2 atom stereocenters. The minimum Gasteiger partial charge on any atom is -0.377 e. The van der Waals surface area contributed by atoms with Crippen LogP contribution in [0.15, 0.2) is 24.3 Å². The second-order valence-corrected chi connectivity index (χ2v) is 8.14. The van der Waals surface area contributed by atoms with Crippen LogP contribution in [-0.2, 0) is 16.1 Å². The number of primary amides is 1. The number of amides is 1. The monoisotopic (exact) mass is 342 g/mol. The van der Waals surface area contributed by atoms with Gasteiger partial charge in [-0.2, -0.15) is 0 Å². The number of ether oxygens (including phenoxy) is 1. The van der Waals surface area contributed by atoms with Crippen molar-refractivity contribution in [3.8, 4) is 0 Å². The Hall–Kier alpha value is -1.39. The number of piperidine rings is 1. The Morgan fingerprint density at radius 1 is 1.12 bits per heavy atom. The molecule has 1 aliphatic carbocycles. The van der Waals surface area contributed by atoms with Gasteiger partial charge >= 0.3 is 0 Å². The van der Waals surface area contributed by atoms with E-state index in [0.717, 1.165) is 38.4 Å². The molecule has 25 heavy (non-hydrogen) atoms. The summed E-state index contributed by atoms with van der Waals surface area (Å²) in [6.07, 6.45) is 7.00. The maximum absolute atomic E-state index is 11.5. The number of nitrogens with two attached hydrogens (primary N) is 1. The first-order chi connectivity index (χ1) is 12.2. The van der Waals surface area contributed by atoms with E-state index in [2.05, 4.69) is 29.2 Å². The van der Waals surface area contributed by atoms with E-state index in [4.69, 9.17) is 10.5 Å². The second kappa shape index (κ2) is 7.46. The molecule has 4 heteroatoms. The van der Waals surface area contributed by atoms with Gasteiger partial charge in [-0.1, -0.05) is 24.3 Å². The zero-order valence-corrected chi connectivity index (χ0v) is 15.0. The summed E-state index contributed by atoms with van der Waals surface area (Å²) in [5, 5.41) is 0. The maximum atomic E-state index is 11.5. The predicted octanol–water partition coefficient (Wildman–Crippen LogP) is 3.06. The molecule has 1 aromatic carbocycles. The third-order valence-electron chi connectivity index (χ3n) is 6.31. The number of nitrogens with zero attached hydrogens (tertiary/aromatic N) is 1. The van der Waals surface area contributed by atoms with Gasteiger partial charge in [0.25, 0.3) is 0 Å². The van der Waals surface area contributed by atoms with Crippen molar-refractivity contribution in [3.63, 3.8) is 0 Å². The van der Waals surface area contributed by atoms with E-state index >= 15 is 0 Å². The van der Waals surface area contributed by atoms with Crippen LogP contribution in [0.5, 0.6) is 0 Å². The van der Waals surface area contributed by atoms with E-state index in [1.54, 1.807) is 5.56 Å². The molecular weight excluding hydrogens is 312 g/mol. The first-order valence-electron chi connectivity index (χ1n) is 9.92. The lowest BCUT2D eigenvalue weighted by atomic mass is 9.86. The van der Waals surface area contributed by atoms with Gasteiger partial charge < -0.3 is 10.5 Å². The molecule has 0 unspecified atom stereocenters. The van der Waals surface area contributed by atoms with Gasteiger partial charge in [-0.25, -0.2) is 0 Å². The summed E-state index contributed by atoms with van der Waals surface area (Å²) in [5.74, 6) is 1.24. The van der Waals surface area contributed by atoms with Crippen LogP contribution < -0.4 is 5.73 Å². The lowest BCUT2D eigenvalue weighted by Gasteiger charge is -2.34. The highest BCUT2D eigenvalue weighted by atomic mass is 16.5. The molecule has 3 aliphatic rings. The molecule has 2 N–H and O–H groups in total. The van der Waals surface area contributed by atoms with Gasteiger partial charge in [0, 0.05) is 13.2 Å². The number of benzene rings is 1. The molecule has 0 radical (unpaired) electrons. The van der Waals surface area contributed by atoms with Crippen LogP contribution in [0.4, 0.5) is 0 Å². The topological polar surface area (TPSA) is 55.6 Å². The van der Waals surface area contributed by atoms with Crippen molar-refractivity contribution < 1.29 is 9.53 Å². The highest BCUT2D eigenvalue weighted by molar-refractivity contribution is 5.77. The average molecular weight is 342 g/mol. The van der Waals surface area contributed by atoms with E-state index in [9.17, 15) is 4.79 Å². The highest BCUT2D eigenvalue weighted by Crippen LogP contribution is 2.42. The van der Waals surface area contributed by atoms with Gasteiger partial charge in [0.2, 0.25) is 5.91 Å². The number of rotatable bonds is 6. The smallest absolute Gasteiger partial charge is 0.223 e. The van der Waals surface area contributed by atoms with Gasteiger partial charge in [-0.3, -0.25) is 9.69 Å². The fraction of sp³-hybridized carbons (Fsp3) is 0.667. The van der Waals surface area contributed by atoms with Crippen molar-refractivity contribution in [2.75, 3.05) is 19.7 Å². The van der Waals surface area contributed by atoms with E-state index in [0.29, 0.717) is 12.5 Å². The van der Waals surface area contributed by atoms with Crippen molar-refractivity contribution in [2.24, 2.45) is 17.6 Å². The lowest BCUT2D eigenvalue weighted by Crippen LogP contribution is -2.37. The molecule has 136 valence electrons. The van der Waals surface area contributed by atoms with Crippen LogP contribution >= 0.6 is 0 Å². The molecule has 2 saturated heterocycles. The normalized spacial score (nSPS) is 28.3. The standard InChI is InChI=1S/C21H30N2O2/c22-21(24)19-9-12-25-20(19)13-15-7-10-23(11-8-15)14-17-3-1-2-4-18(17)16-5-6-16/h1-4,15-16,19-20H,5-14H2,(H2,22,24)/t19-,20-/m1/s1. The predicted molar refractivity (Wildman–Crippen MR) is 98.1 cm³/mol. The Kier molecular flexibility index (Phi) is 5.09. The number of likely N-dealkylation sites (tertiary alicyclic amines) is 1. The molecule has 0 spiro atoms. The summed E-state index contributed by atoms with van der Waals surface area (Å²) in [4.78, 5) is 14.1. The van der Waals surface area contributed by atoms with Gasteiger partial charge in [-0.05, 0) is 74.6 Å². The van der Waals surface area contributed by atoms with Crippen molar-refractivity contribution in [1.29, 1.82) is 0 Å². The third-order valence-corrected chi connectivity index (χ3v) is 6.31. The molecule has 1 saturated carbocycles. The molecule has 4 nitrogen and oxygen atoms in total. The molecular formula is C21H30N2O2. The fourth-order valence-electron chi connectivity index (χ4n) is 4.63. The first kappa shape index (κ1) is 17.0. The summed E-state index contributed by atoms with van der Waals surface area (Å²) >= 11 is 0. The van der Waals surface area contributed by atoms with Crippen LogP contribution in [0, 0.1) is 11.8 Å². The third kappa shape index (κ3) is 4.06. The Labute approximate surface area is 150 Å². The minimum atomic E-state index is -0.184. The Morgan fingerprint density at radius 3 is 2.60 bits per heavy atom. The second-order valence-electron chi connectivity index (χ2n) is 8.14. The molecule has 2 aliphatic heterocycles. The Bertz CT molecular complexity index is 606. The quantitative estimate of drug-likeness (QED) is 0.864. The Morgan fingerprint density at radius 2 is 1.88 bits per heavy atom. The largest absolute Gasteiger partial charge is 0.377 e. The van der Waals surface area contributed by atoms with E-state index in [1.165, 1.54) is 31.2 Å². The van der Waals surface area contributed by atoms with Crippen molar-refractivity contribution >= 4 is 5.91 Å². The summed E-state index contributed by atoms with van der Waals surface area (Å²) in [6.45, 7) is 4.08. The van der Waals surface area contributed by atoms with Crippen LogP contribution in [0.1, 0.15) is 55.6 Å². The summed E-state index contributed by atoms with van der Waals surface area (Å²) in [7, 11) is 0. The number of hydrogen-bond donors (Lipinski definition) is 1. The van der Waals surface area contributed by atoms with Crippen molar-refractivity contribution in [2.45, 2.75) is 57.1 Å². The van der Waals surface area contributed by atoms with Gasteiger partial charge in [-0.15, -0.1) is 0 Å². The number of carbonyl (C=O) groups excluding carboxylic acids is 1. The van der Waals surface area contributed by atoms with E-state index < -0.39 is 0 Å². The van der Waals surface area contributed by atoms with Gasteiger partial charge in [0.05, 0.1) is 12.0 Å². The zero-order chi connectivity index (χ0) is 17.2. The van der Waals surface area contributed by atoms with Crippen LogP contribution in [0.3, 0.4) is 0 Å². The summed E-state index contributed by atoms with van der Waals surface area (Å²) < 4.78 is 5.79. The molecule has 3 fully saturated rings. The van der Waals surface area contributed by atoms with Crippen LogP contribution in [0.25, 0.3) is 0 Å². The summed E-state index contributed by atoms with van der Waals surface area (Å²) in [6, 6.07) is 8.99. The fourth-order valence-corrected chi connectivity index (χ4v) is 4.63.